The minimum atomic E-state index is -3.26. The molecule has 0 aliphatic carbocycles. The van der Waals surface area contributed by atoms with Crippen molar-refractivity contribution in [1.82, 2.24) is 4.90 Å². The lowest BCUT2D eigenvalue weighted by molar-refractivity contribution is -0.118. The van der Waals surface area contributed by atoms with Gasteiger partial charge < -0.3 is 5.32 Å². The van der Waals surface area contributed by atoms with Gasteiger partial charge in [0.1, 0.15) is 11.5 Å². The number of nitrogens with one attached hydrogen (secondary N) is 1. The second-order valence-corrected chi connectivity index (χ2v) is 11.2. The fourth-order valence-electron chi connectivity index (χ4n) is 4.19. The number of halogens is 3. The Labute approximate surface area is 199 Å². The molecular weight excluding hydrogens is 465 g/mol. The molecule has 0 atom stereocenters. The van der Waals surface area contributed by atoms with E-state index in [1.165, 1.54) is 0 Å². The van der Waals surface area contributed by atoms with Crippen molar-refractivity contribution in [1.29, 1.82) is 0 Å². The molecule has 2 aromatic rings. The molecule has 1 aliphatic heterocycles. The Bertz CT molecular complexity index is 1130. The molecule has 1 amide bonds. The molecule has 1 fully saturated rings. The van der Waals surface area contributed by atoms with Crippen LogP contribution in [0.25, 0.3) is 0 Å². The summed E-state index contributed by atoms with van der Waals surface area (Å²) in [6, 6.07) is 7.44. The van der Waals surface area contributed by atoms with Crippen LogP contribution in [0.4, 0.5) is 18.9 Å². The number of benzene rings is 2. The molecule has 34 heavy (non-hydrogen) atoms. The number of carbonyl (C=O) groups excluding carboxylic acids is 1. The lowest BCUT2D eigenvalue weighted by atomic mass is 9.88. The van der Waals surface area contributed by atoms with E-state index in [0.29, 0.717) is 49.9 Å². The fraction of sp³-hybridized carbons (Fsp3) is 0.480. The zero-order valence-electron chi connectivity index (χ0n) is 19.7. The maximum absolute atomic E-state index is 15.1. The van der Waals surface area contributed by atoms with Crippen LogP contribution in [0.5, 0.6) is 0 Å². The smallest absolute Gasteiger partial charge is 0.227 e. The van der Waals surface area contributed by atoms with E-state index in [9.17, 15) is 22.0 Å². The number of likely N-dealkylation sites (tertiary alicyclic amines) is 1. The fourth-order valence-corrected chi connectivity index (χ4v) is 5.51. The SMILES string of the molecule is CCCS(=O)(=O)c1ccc(CN2CCC(c3c(F)cc(F)c(NC(=O)C(C)C)c3F)CC2)cc1. The average Bonchev–Trinajstić information content (AvgIpc) is 2.77. The van der Waals surface area contributed by atoms with Gasteiger partial charge >= 0.3 is 0 Å². The zero-order valence-corrected chi connectivity index (χ0v) is 20.5. The Balaban J connectivity index is 1.67. The lowest BCUT2D eigenvalue weighted by Crippen LogP contribution is -2.33. The first kappa shape index (κ1) is 26.2. The number of rotatable bonds is 8. The van der Waals surface area contributed by atoms with Crippen LogP contribution in [0.15, 0.2) is 35.2 Å². The van der Waals surface area contributed by atoms with Crippen molar-refractivity contribution in [3.63, 3.8) is 0 Å². The molecule has 9 heteroatoms. The number of hydrogen-bond donors (Lipinski definition) is 1. The molecule has 5 nitrogen and oxygen atoms in total. The number of sulfone groups is 1. The first-order valence-electron chi connectivity index (χ1n) is 11.6. The van der Waals surface area contributed by atoms with E-state index in [1.54, 1.807) is 38.1 Å². The van der Waals surface area contributed by atoms with Gasteiger partial charge in [0, 0.05) is 24.1 Å². The van der Waals surface area contributed by atoms with Crippen LogP contribution in [0, 0.1) is 23.4 Å². The molecule has 1 saturated heterocycles. The highest BCUT2D eigenvalue weighted by Gasteiger charge is 2.29. The largest absolute Gasteiger partial charge is 0.321 e. The normalized spacial score (nSPS) is 15.6. The Morgan fingerprint density at radius 2 is 1.71 bits per heavy atom. The third kappa shape index (κ3) is 5.99. The van der Waals surface area contributed by atoms with Gasteiger partial charge in [-0.3, -0.25) is 9.69 Å². The first-order chi connectivity index (χ1) is 16.0. The molecule has 0 radical (unpaired) electrons. The van der Waals surface area contributed by atoms with Crippen LogP contribution < -0.4 is 5.32 Å². The number of amides is 1. The molecule has 1 heterocycles. The summed E-state index contributed by atoms with van der Waals surface area (Å²) in [6.45, 7) is 6.76. The number of hydrogen-bond acceptors (Lipinski definition) is 4. The van der Waals surface area contributed by atoms with Crippen molar-refractivity contribution < 1.29 is 26.4 Å². The van der Waals surface area contributed by atoms with E-state index in [2.05, 4.69) is 10.2 Å². The van der Waals surface area contributed by atoms with Crippen molar-refractivity contribution in [2.45, 2.75) is 57.4 Å². The minimum absolute atomic E-state index is 0.110. The van der Waals surface area contributed by atoms with Crippen LogP contribution in [0.1, 0.15) is 57.1 Å². The maximum Gasteiger partial charge on any atom is 0.227 e. The van der Waals surface area contributed by atoms with E-state index < -0.39 is 50.7 Å². The summed E-state index contributed by atoms with van der Waals surface area (Å²) in [6.07, 6.45) is 1.50. The van der Waals surface area contributed by atoms with E-state index in [0.717, 1.165) is 5.56 Å². The van der Waals surface area contributed by atoms with Gasteiger partial charge in [-0.1, -0.05) is 32.9 Å². The summed E-state index contributed by atoms with van der Waals surface area (Å²) >= 11 is 0. The van der Waals surface area contributed by atoms with Gasteiger partial charge in [-0.25, -0.2) is 21.6 Å². The summed E-state index contributed by atoms with van der Waals surface area (Å²) in [5.74, 6) is -4.47. The Morgan fingerprint density at radius 3 is 2.26 bits per heavy atom. The van der Waals surface area contributed by atoms with E-state index >= 15 is 4.39 Å². The highest BCUT2D eigenvalue weighted by atomic mass is 32.2. The molecular formula is C25H31F3N2O3S. The van der Waals surface area contributed by atoms with E-state index in [1.807, 2.05) is 6.92 Å². The highest BCUT2D eigenvalue weighted by molar-refractivity contribution is 7.91. The van der Waals surface area contributed by atoms with Crippen molar-refractivity contribution in [2.75, 3.05) is 24.2 Å². The summed E-state index contributed by atoms with van der Waals surface area (Å²) in [7, 11) is -3.26. The van der Waals surface area contributed by atoms with Gasteiger partial charge in [0.05, 0.1) is 10.6 Å². The molecule has 2 aromatic carbocycles. The topological polar surface area (TPSA) is 66.5 Å². The molecule has 3 rings (SSSR count). The molecule has 1 N–H and O–H groups in total. The monoisotopic (exact) mass is 496 g/mol. The predicted molar refractivity (Wildman–Crippen MR) is 126 cm³/mol. The molecule has 0 bridgehead atoms. The van der Waals surface area contributed by atoms with Gasteiger partial charge in [0.2, 0.25) is 5.91 Å². The van der Waals surface area contributed by atoms with Gasteiger partial charge in [-0.2, -0.15) is 0 Å². The van der Waals surface area contributed by atoms with Crippen molar-refractivity contribution >= 4 is 21.4 Å². The van der Waals surface area contributed by atoms with Crippen LogP contribution in [-0.4, -0.2) is 38.1 Å². The third-order valence-corrected chi connectivity index (χ3v) is 8.07. The van der Waals surface area contributed by atoms with Gasteiger partial charge in [-0.05, 0) is 56.0 Å². The number of carbonyl (C=O) groups is 1. The minimum Gasteiger partial charge on any atom is -0.321 e. The van der Waals surface area contributed by atoms with Gasteiger partial charge in [-0.15, -0.1) is 0 Å². The van der Waals surface area contributed by atoms with Gasteiger partial charge in [0.25, 0.3) is 0 Å². The van der Waals surface area contributed by atoms with Crippen LogP contribution in [-0.2, 0) is 21.2 Å². The first-order valence-corrected chi connectivity index (χ1v) is 13.2. The number of nitrogens with zero attached hydrogens (tertiary/aromatic N) is 1. The molecule has 0 saturated carbocycles. The standard InChI is InChI=1S/C25H31F3N2O3S/c1-4-13-34(32,33)19-7-5-17(6-8-19)15-30-11-9-18(10-12-30)22-20(26)14-21(27)24(23(22)28)29-25(31)16(2)3/h5-8,14,16,18H,4,9-13,15H2,1-3H3,(H,29,31). The van der Waals surface area contributed by atoms with Crippen LogP contribution in [0.3, 0.4) is 0 Å². The third-order valence-electron chi connectivity index (χ3n) is 6.14. The quantitative estimate of drug-likeness (QED) is 0.541. The number of anilines is 1. The average molecular weight is 497 g/mol. The molecule has 0 spiro atoms. The summed E-state index contributed by atoms with van der Waals surface area (Å²) < 4.78 is 68.2. The van der Waals surface area contributed by atoms with Crippen molar-refractivity contribution in [2.24, 2.45) is 5.92 Å². The molecule has 0 aromatic heterocycles. The molecule has 0 unspecified atom stereocenters. The summed E-state index contributed by atoms with van der Waals surface area (Å²) in [4.78, 5) is 14.4. The summed E-state index contributed by atoms with van der Waals surface area (Å²) in [5, 5.41) is 2.24. The Hall–Kier alpha value is -2.39. The van der Waals surface area contributed by atoms with E-state index in [-0.39, 0.29) is 11.3 Å². The zero-order chi connectivity index (χ0) is 25.0. The lowest BCUT2D eigenvalue weighted by Gasteiger charge is -2.32. The molecule has 186 valence electrons. The second-order valence-electron chi connectivity index (χ2n) is 9.10. The maximum atomic E-state index is 15.1. The summed E-state index contributed by atoms with van der Waals surface area (Å²) in [5.41, 5.74) is 0.160. The van der Waals surface area contributed by atoms with Crippen LogP contribution in [0.2, 0.25) is 0 Å². The highest BCUT2D eigenvalue weighted by Crippen LogP contribution is 2.36. The van der Waals surface area contributed by atoms with E-state index in [4.69, 9.17) is 0 Å². The Kier molecular flexibility index (Phi) is 8.41. The number of piperidine rings is 1. The van der Waals surface area contributed by atoms with Crippen LogP contribution >= 0.6 is 0 Å². The van der Waals surface area contributed by atoms with Crippen molar-refractivity contribution in [3.05, 3.63) is 58.9 Å². The molecule has 1 aliphatic rings. The van der Waals surface area contributed by atoms with Crippen molar-refractivity contribution in [3.8, 4) is 0 Å². The Morgan fingerprint density at radius 1 is 1.09 bits per heavy atom. The van der Waals surface area contributed by atoms with Gasteiger partial charge in [0.15, 0.2) is 21.5 Å². The second kappa shape index (κ2) is 10.9. The predicted octanol–water partition coefficient (Wildman–Crippen LogP) is 5.26.